The zero-order chi connectivity index (χ0) is 16.9. The standard InChI is InChI=1S/C18H25N5O/c1-4-23-16-14(12-19-23)11-15(13(2)20-16)17(24)22-10-7-18(22)5-8-21(3)9-6-18/h11-12H,4-10H2,1-3H3. The third kappa shape index (κ3) is 2.24. The Kier molecular flexibility index (Phi) is 3.60. The molecule has 128 valence electrons. The summed E-state index contributed by atoms with van der Waals surface area (Å²) >= 11 is 0. The summed E-state index contributed by atoms with van der Waals surface area (Å²) in [4.78, 5) is 22.3. The second-order valence-corrected chi connectivity index (χ2v) is 7.23. The van der Waals surface area contributed by atoms with Crippen molar-refractivity contribution in [2.75, 3.05) is 26.7 Å². The van der Waals surface area contributed by atoms with Crippen molar-refractivity contribution in [2.45, 2.75) is 45.2 Å². The second kappa shape index (κ2) is 5.55. The van der Waals surface area contributed by atoms with Crippen molar-refractivity contribution < 1.29 is 4.79 Å². The number of aromatic nitrogens is 3. The fourth-order valence-corrected chi connectivity index (χ4v) is 4.10. The van der Waals surface area contributed by atoms with Gasteiger partial charge in [-0.3, -0.25) is 4.79 Å². The van der Waals surface area contributed by atoms with Gasteiger partial charge in [-0.15, -0.1) is 0 Å². The van der Waals surface area contributed by atoms with Gasteiger partial charge in [0.05, 0.1) is 17.5 Å². The Balaban J connectivity index is 1.65. The SMILES string of the molecule is CCn1ncc2cc(C(=O)N3CCC34CCN(C)CC4)c(C)nc21. The minimum absolute atomic E-state index is 0.0819. The van der Waals surface area contributed by atoms with Crippen molar-refractivity contribution in [2.24, 2.45) is 0 Å². The summed E-state index contributed by atoms with van der Waals surface area (Å²) in [5, 5.41) is 5.30. The number of fused-ring (bicyclic) bond motifs is 1. The monoisotopic (exact) mass is 327 g/mol. The van der Waals surface area contributed by atoms with Gasteiger partial charge in [-0.2, -0.15) is 5.10 Å². The molecule has 4 rings (SSSR count). The summed E-state index contributed by atoms with van der Waals surface area (Å²) in [6.07, 6.45) is 5.11. The van der Waals surface area contributed by atoms with Gasteiger partial charge in [0.1, 0.15) is 0 Å². The van der Waals surface area contributed by atoms with E-state index in [9.17, 15) is 4.79 Å². The predicted molar refractivity (Wildman–Crippen MR) is 93.1 cm³/mol. The second-order valence-electron chi connectivity index (χ2n) is 7.23. The molecule has 2 aromatic heterocycles. The van der Waals surface area contributed by atoms with Crippen LogP contribution in [0, 0.1) is 6.92 Å². The van der Waals surface area contributed by atoms with Crippen LogP contribution in [-0.2, 0) is 6.54 Å². The van der Waals surface area contributed by atoms with E-state index in [4.69, 9.17) is 0 Å². The number of carbonyl (C=O) groups is 1. The lowest BCUT2D eigenvalue weighted by molar-refractivity contribution is -0.0351. The van der Waals surface area contributed by atoms with Gasteiger partial charge in [-0.25, -0.2) is 9.67 Å². The van der Waals surface area contributed by atoms with Crippen LogP contribution in [0.1, 0.15) is 42.2 Å². The summed E-state index contributed by atoms with van der Waals surface area (Å²) in [6.45, 7) is 7.78. The van der Waals surface area contributed by atoms with Gasteiger partial charge >= 0.3 is 0 Å². The van der Waals surface area contributed by atoms with E-state index in [1.165, 1.54) is 0 Å². The molecule has 2 aromatic rings. The highest BCUT2D eigenvalue weighted by atomic mass is 16.2. The highest BCUT2D eigenvalue weighted by Crippen LogP contribution is 2.40. The fraction of sp³-hybridized carbons (Fsp3) is 0.611. The van der Waals surface area contributed by atoms with Crippen LogP contribution in [0.5, 0.6) is 0 Å². The number of nitrogens with zero attached hydrogens (tertiary/aromatic N) is 5. The lowest BCUT2D eigenvalue weighted by Crippen LogP contribution is -2.65. The quantitative estimate of drug-likeness (QED) is 0.847. The number of carbonyl (C=O) groups excluding carboxylic acids is 1. The van der Waals surface area contributed by atoms with E-state index in [2.05, 4.69) is 26.9 Å². The predicted octanol–water partition coefficient (Wildman–Crippen LogP) is 2.07. The Morgan fingerprint density at radius 2 is 1.96 bits per heavy atom. The first-order chi connectivity index (χ1) is 11.5. The molecule has 0 atom stereocenters. The minimum Gasteiger partial charge on any atom is -0.333 e. The van der Waals surface area contributed by atoms with Crippen LogP contribution in [-0.4, -0.2) is 62.7 Å². The number of pyridine rings is 1. The van der Waals surface area contributed by atoms with Crippen molar-refractivity contribution in [1.29, 1.82) is 0 Å². The Morgan fingerprint density at radius 1 is 1.25 bits per heavy atom. The van der Waals surface area contributed by atoms with Crippen molar-refractivity contribution in [3.63, 3.8) is 0 Å². The van der Waals surface area contributed by atoms with Crippen LogP contribution >= 0.6 is 0 Å². The van der Waals surface area contributed by atoms with E-state index in [-0.39, 0.29) is 11.4 Å². The number of piperidine rings is 1. The van der Waals surface area contributed by atoms with Crippen LogP contribution < -0.4 is 0 Å². The average Bonchev–Trinajstić information content (AvgIpc) is 2.95. The molecule has 4 heterocycles. The zero-order valence-electron chi connectivity index (χ0n) is 14.7. The number of aryl methyl sites for hydroxylation is 2. The molecule has 0 saturated carbocycles. The first-order valence-corrected chi connectivity index (χ1v) is 8.88. The average molecular weight is 327 g/mol. The third-order valence-corrected chi connectivity index (χ3v) is 5.87. The van der Waals surface area contributed by atoms with E-state index in [1.54, 1.807) is 0 Å². The van der Waals surface area contributed by atoms with Gasteiger partial charge in [0, 0.05) is 37.1 Å². The molecule has 0 aliphatic carbocycles. The zero-order valence-corrected chi connectivity index (χ0v) is 14.7. The molecule has 0 unspecified atom stereocenters. The molecule has 1 amide bonds. The largest absolute Gasteiger partial charge is 0.333 e. The summed E-state index contributed by atoms with van der Waals surface area (Å²) in [5.41, 5.74) is 2.48. The Hall–Kier alpha value is -1.95. The molecule has 2 aliphatic heterocycles. The van der Waals surface area contributed by atoms with Crippen molar-refractivity contribution >= 4 is 16.9 Å². The molecule has 2 fully saturated rings. The van der Waals surface area contributed by atoms with Crippen LogP contribution in [0.15, 0.2) is 12.3 Å². The van der Waals surface area contributed by atoms with Crippen molar-refractivity contribution in [3.05, 3.63) is 23.5 Å². The number of rotatable bonds is 2. The molecule has 6 heteroatoms. The fourth-order valence-electron chi connectivity index (χ4n) is 4.10. The number of hydrogen-bond donors (Lipinski definition) is 0. The van der Waals surface area contributed by atoms with Crippen LogP contribution in [0.3, 0.4) is 0 Å². The van der Waals surface area contributed by atoms with Crippen molar-refractivity contribution in [1.82, 2.24) is 24.6 Å². The van der Waals surface area contributed by atoms with Gasteiger partial charge in [0.25, 0.3) is 5.91 Å². The maximum atomic E-state index is 13.2. The van der Waals surface area contributed by atoms with Gasteiger partial charge in [-0.05, 0) is 46.2 Å². The molecule has 24 heavy (non-hydrogen) atoms. The Labute approximate surface area is 142 Å². The van der Waals surface area contributed by atoms with E-state index in [1.807, 2.05) is 30.8 Å². The summed E-state index contributed by atoms with van der Waals surface area (Å²) in [7, 11) is 2.16. The third-order valence-electron chi connectivity index (χ3n) is 5.87. The molecular formula is C18H25N5O. The topological polar surface area (TPSA) is 54.3 Å². The summed E-state index contributed by atoms with van der Waals surface area (Å²) in [5.74, 6) is 0.141. The molecule has 0 radical (unpaired) electrons. The molecule has 2 aliphatic rings. The lowest BCUT2D eigenvalue weighted by Gasteiger charge is -2.56. The van der Waals surface area contributed by atoms with Crippen molar-refractivity contribution in [3.8, 4) is 0 Å². The molecule has 6 nitrogen and oxygen atoms in total. The molecule has 2 saturated heterocycles. The smallest absolute Gasteiger partial charge is 0.256 e. The highest BCUT2D eigenvalue weighted by Gasteiger charge is 2.48. The van der Waals surface area contributed by atoms with Gasteiger partial charge in [0.15, 0.2) is 5.65 Å². The van der Waals surface area contributed by atoms with Gasteiger partial charge in [0.2, 0.25) is 0 Å². The molecule has 0 bridgehead atoms. The highest BCUT2D eigenvalue weighted by molar-refractivity contribution is 5.99. The number of hydrogen-bond acceptors (Lipinski definition) is 4. The van der Waals surface area contributed by atoms with E-state index >= 15 is 0 Å². The molecule has 0 aromatic carbocycles. The van der Waals surface area contributed by atoms with Crippen LogP contribution in [0.4, 0.5) is 0 Å². The van der Waals surface area contributed by atoms with E-state index in [0.29, 0.717) is 0 Å². The minimum atomic E-state index is 0.0819. The lowest BCUT2D eigenvalue weighted by atomic mass is 9.76. The molecule has 1 spiro atoms. The molecular weight excluding hydrogens is 302 g/mol. The van der Waals surface area contributed by atoms with Crippen LogP contribution in [0.2, 0.25) is 0 Å². The van der Waals surface area contributed by atoms with E-state index in [0.717, 1.165) is 67.7 Å². The van der Waals surface area contributed by atoms with Crippen LogP contribution in [0.25, 0.3) is 11.0 Å². The number of amides is 1. The molecule has 0 N–H and O–H groups in total. The maximum absolute atomic E-state index is 13.2. The first-order valence-electron chi connectivity index (χ1n) is 8.88. The normalized spacial score (nSPS) is 20.5. The Bertz CT molecular complexity index is 788. The van der Waals surface area contributed by atoms with E-state index < -0.39 is 0 Å². The maximum Gasteiger partial charge on any atom is 0.256 e. The van der Waals surface area contributed by atoms with Gasteiger partial charge < -0.3 is 9.80 Å². The Morgan fingerprint density at radius 3 is 2.58 bits per heavy atom. The summed E-state index contributed by atoms with van der Waals surface area (Å²) in [6, 6.07) is 1.97. The number of likely N-dealkylation sites (tertiary alicyclic amines) is 2. The summed E-state index contributed by atoms with van der Waals surface area (Å²) < 4.78 is 1.87. The first kappa shape index (κ1) is 15.6. The van der Waals surface area contributed by atoms with Gasteiger partial charge in [-0.1, -0.05) is 0 Å².